The van der Waals surface area contributed by atoms with E-state index in [1.807, 2.05) is 6.92 Å². The standard InChI is InChI=1S/C12H11NO4S/c1-8-2-4-9(5-3-8)17-12(14)10-6-7-18(15,16)11(10)13/h2-7H,13H2,1H3. The molecule has 0 aromatic heterocycles. The summed E-state index contributed by atoms with van der Waals surface area (Å²) in [6.07, 6.45) is 1.14. The van der Waals surface area contributed by atoms with Gasteiger partial charge in [-0.15, -0.1) is 0 Å². The van der Waals surface area contributed by atoms with Gasteiger partial charge in [0.25, 0.3) is 0 Å². The minimum absolute atomic E-state index is 0.143. The van der Waals surface area contributed by atoms with Gasteiger partial charge in [-0.25, -0.2) is 13.2 Å². The first-order valence-electron chi connectivity index (χ1n) is 5.12. The Morgan fingerprint density at radius 1 is 1.22 bits per heavy atom. The average Bonchev–Trinajstić information content (AvgIpc) is 2.58. The van der Waals surface area contributed by atoms with E-state index in [1.54, 1.807) is 24.3 Å². The number of esters is 1. The van der Waals surface area contributed by atoms with Gasteiger partial charge in [0.1, 0.15) is 10.8 Å². The normalized spacial score (nSPS) is 16.9. The lowest BCUT2D eigenvalue weighted by atomic mass is 10.2. The van der Waals surface area contributed by atoms with Crippen LogP contribution in [0.15, 0.2) is 46.4 Å². The van der Waals surface area contributed by atoms with Crippen LogP contribution in [0.5, 0.6) is 5.75 Å². The van der Waals surface area contributed by atoms with Gasteiger partial charge in [-0.05, 0) is 25.1 Å². The zero-order valence-corrected chi connectivity index (χ0v) is 10.4. The molecular weight excluding hydrogens is 254 g/mol. The van der Waals surface area contributed by atoms with Gasteiger partial charge in [-0.2, -0.15) is 0 Å². The van der Waals surface area contributed by atoms with Crippen molar-refractivity contribution in [1.82, 2.24) is 0 Å². The van der Waals surface area contributed by atoms with E-state index in [1.165, 1.54) is 0 Å². The zero-order chi connectivity index (χ0) is 13.3. The molecule has 0 aliphatic carbocycles. The van der Waals surface area contributed by atoms with Crippen molar-refractivity contribution >= 4 is 15.8 Å². The first-order valence-corrected chi connectivity index (χ1v) is 6.66. The van der Waals surface area contributed by atoms with Crippen LogP contribution in [0, 0.1) is 6.92 Å². The Hall–Kier alpha value is -2.08. The molecule has 2 N–H and O–H groups in total. The molecule has 2 rings (SSSR count). The molecule has 6 heteroatoms. The van der Waals surface area contributed by atoms with Gasteiger partial charge in [0.05, 0.1) is 5.57 Å². The average molecular weight is 265 g/mol. The van der Waals surface area contributed by atoms with Crippen LogP contribution in [0.3, 0.4) is 0 Å². The number of carbonyl (C=O) groups is 1. The smallest absolute Gasteiger partial charge is 0.346 e. The summed E-state index contributed by atoms with van der Waals surface area (Å²) in [6, 6.07) is 6.80. The minimum Gasteiger partial charge on any atom is -0.423 e. The number of nitrogens with two attached hydrogens (primary N) is 1. The molecule has 0 radical (unpaired) electrons. The maximum absolute atomic E-state index is 11.7. The van der Waals surface area contributed by atoms with Crippen LogP contribution in [0.25, 0.3) is 0 Å². The highest BCUT2D eigenvalue weighted by molar-refractivity contribution is 7.98. The number of carbonyl (C=O) groups excluding carboxylic acids is 1. The Balaban J connectivity index is 2.22. The molecule has 0 saturated carbocycles. The SMILES string of the molecule is Cc1ccc(OC(=O)C2=C(N)S(=O)(=O)C=C2)cc1. The molecule has 94 valence electrons. The van der Waals surface area contributed by atoms with E-state index in [0.717, 1.165) is 17.0 Å². The largest absolute Gasteiger partial charge is 0.423 e. The van der Waals surface area contributed by atoms with E-state index in [4.69, 9.17) is 10.5 Å². The molecule has 1 aromatic carbocycles. The molecule has 0 bridgehead atoms. The summed E-state index contributed by atoms with van der Waals surface area (Å²) in [6.45, 7) is 1.90. The summed E-state index contributed by atoms with van der Waals surface area (Å²) in [4.78, 5) is 11.7. The number of benzene rings is 1. The van der Waals surface area contributed by atoms with Crippen molar-refractivity contribution in [2.75, 3.05) is 0 Å². The Morgan fingerprint density at radius 3 is 2.33 bits per heavy atom. The Bertz CT molecular complexity index is 654. The summed E-state index contributed by atoms with van der Waals surface area (Å²) in [5.74, 6) is -0.447. The maximum atomic E-state index is 11.7. The monoisotopic (exact) mass is 265 g/mol. The van der Waals surface area contributed by atoms with Crippen LogP contribution in [-0.4, -0.2) is 14.4 Å². The van der Waals surface area contributed by atoms with Gasteiger partial charge in [-0.3, -0.25) is 0 Å². The lowest BCUT2D eigenvalue weighted by Gasteiger charge is -2.04. The predicted octanol–water partition coefficient (Wildman–Crippen LogP) is 1.01. The highest BCUT2D eigenvalue weighted by Crippen LogP contribution is 2.21. The highest BCUT2D eigenvalue weighted by atomic mass is 32.2. The van der Waals surface area contributed by atoms with Crippen LogP contribution < -0.4 is 10.5 Å². The molecule has 0 atom stereocenters. The minimum atomic E-state index is -3.64. The molecule has 0 amide bonds. The number of ether oxygens (including phenoxy) is 1. The van der Waals surface area contributed by atoms with Gasteiger partial charge in [0.15, 0.2) is 0 Å². The Labute approximate surface area is 104 Å². The van der Waals surface area contributed by atoms with E-state index >= 15 is 0 Å². The summed E-state index contributed by atoms with van der Waals surface area (Å²) >= 11 is 0. The van der Waals surface area contributed by atoms with E-state index in [-0.39, 0.29) is 5.57 Å². The third-order valence-electron chi connectivity index (χ3n) is 2.44. The Kier molecular flexibility index (Phi) is 2.96. The van der Waals surface area contributed by atoms with E-state index in [2.05, 4.69) is 0 Å². The van der Waals surface area contributed by atoms with E-state index < -0.39 is 20.8 Å². The highest BCUT2D eigenvalue weighted by Gasteiger charge is 2.27. The van der Waals surface area contributed by atoms with Gasteiger partial charge < -0.3 is 10.5 Å². The van der Waals surface area contributed by atoms with Crippen molar-refractivity contribution < 1.29 is 17.9 Å². The molecule has 18 heavy (non-hydrogen) atoms. The molecule has 1 aromatic rings. The second-order valence-corrected chi connectivity index (χ2v) is 5.63. The first-order chi connectivity index (χ1) is 8.40. The first kappa shape index (κ1) is 12.4. The molecule has 1 aliphatic rings. The molecule has 0 unspecified atom stereocenters. The van der Waals surface area contributed by atoms with E-state index in [0.29, 0.717) is 5.75 Å². The van der Waals surface area contributed by atoms with Crippen molar-refractivity contribution in [2.24, 2.45) is 5.73 Å². The molecule has 0 saturated heterocycles. The van der Waals surface area contributed by atoms with Gasteiger partial charge >= 0.3 is 5.97 Å². The molecular formula is C12H11NO4S. The quantitative estimate of drug-likeness (QED) is 0.637. The van der Waals surface area contributed by atoms with Crippen molar-refractivity contribution in [3.63, 3.8) is 0 Å². The van der Waals surface area contributed by atoms with Crippen LogP contribution in [0.2, 0.25) is 0 Å². The second-order valence-electron chi connectivity index (χ2n) is 3.83. The number of sulfone groups is 1. The summed E-state index contributed by atoms with van der Waals surface area (Å²) in [7, 11) is -3.64. The van der Waals surface area contributed by atoms with Crippen molar-refractivity contribution in [3.8, 4) is 5.75 Å². The topological polar surface area (TPSA) is 86.5 Å². The van der Waals surface area contributed by atoms with Crippen molar-refractivity contribution in [2.45, 2.75) is 6.92 Å². The molecule has 1 aliphatic heterocycles. The fraction of sp³-hybridized carbons (Fsp3) is 0.0833. The van der Waals surface area contributed by atoms with E-state index in [9.17, 15) is 13.2 Å². The number of hydrogen-bond acceptors (Lipinski definition) is 5. The summed E-state index contributed by atoms with van der Waals surface area (Å²) in [5, 5.41) is 0.410. The van der Waals surface area contributed by atoms with Crippen LogP contribution in [0.4, 0.5) is 0 Å². The van der Waals surface area contributed by atoms with Gasteiger partial charge in [0.2, 0.25) is 9.84 Å². The van der Waals surface area contributed by atoms with Crippen molar-refractivity contribution in [1.29, 1.82) is 0 Å². The summed E-state index contributed by atoms with van der Waals surface area (Å²) in [5.41, 5.74) is 6.25. The van der Waals surface area contributed by atoms with Crippen LogP contribution in [0.1, 0.15) is 5.56 Å². The third-order valence-corrected chi connectivity index (χ3v) is 3.76. The predicted molar refractivity (Wildman–Crippen MR) is 66.1 cm³/mol. The molecule has 0 spiro atoms. The van der Waals surface area contributed by atoms with Crippen molar-refractivity contribution in [3.05, 3.63) is 51.9 Å². The van der Waals surface area contributed by atoms with Gasteiger partial charge in [0, 0.05) is 5.41 Å². The molecule has 0 fully saturated rings. The lowest BCUT2D eigenvalue weighted by Crippen LogP contribution is -2.16. The molecule has 5 nitrogen and oxygen atoms in total. The fourth-order valence-electron chi connectivity index (χ4n) is 1.40. The van der Waals surface area contributed by atoms with Gasteiger partial charge in [-0.1, -0.05) is 17.7 Å². The number of rotatable bonds is 2. The third kappa shape index (κ3) is 2.28. The zero-order valence-electron chi connectivity index (χ0n) is 9.58. The lowest BCUT2D eigenvalue weighted by molar-refractivity contribution is -0.129. The maximum Gasteiger partial charge on any atom is 0.346 e. The number of aryl methyl sites for hydroxylation is 1. The second kappa shape index (κ2) is 4.30. The molecule has 1 heterocycles. The van der Waals surface area contributed by atoms with Crippen LogP contribution in [-0.2, 0) is 14.6 Å². The summed E-state index contributed by atoms with van der Waals surface area (Å²) < 4.78 is 27.6. The number of hydrogen-bond donors (Lipinski definition) is 1. The fourth-order valence-corrected chi connectivity index (χ4v) is 2.32. The van der Waals surface area contributed by atoms with Crippen LogP contribution >= 0.6 is 0 Å². The Morgan fingerprint density at radius 2 is 1.83 bits per heavy atom.